The molecule has 0 unspecified atom stereocenters. The molecule has 1 N–H and O–H groups in total. The third-order valence-corrected chi connectivity index (χ3v) is 5.40. The molecule has 0 spiro atoms. The molecular weight excluding hydrogens is 420 g/mol. The summed E-state index contributed by atoms with van der Waals surface area (Å²) < 4.78 is 6.77. The number of nitrogens with one attached hydrogen (secondary N) is 1. The summed E-state index contributed by atoms with van der Waals surface area (Å²) in [6.07, 6.45) is 3.13. The monoisotopic (exact) mass is 446 g/mol. The van der Waals surface area contributed by atoms with Crippen LogP contribution in [0, 0.1) is 0 Å². The molecule has 0 bridgehead atoms. The number of nitrogens with zero attached hydrogens (tertiary/aromatic N) is 3. The fourth-order valence-corrected chi connectivity index (χ4v) is 3.72. The zero-order valence-electron chi connectivity index (χ0n) is 18.3. The first-order valence-corrected chi connectivity index (χ1v) is 11.0. The van der Waals surface area contributed by atoms with Crippen molar-refractivity contribution in [1.29, 1.82) is 0 Å². The molecule has 0 saturated carbocycles. The average molecular weight is 447 g/mol. The van der Waals surface area contributed by atoms with Crippen LogP contribution in [0.4, 0.5) is 5.82 Å². The number of ether oxygens (including phenoxy) is 1. The van der Waals surface area contributed by atoms with Crippen molar-refractivity contribution < 1.29 is 19.1 Å². The second kappa shape index (κ2) is 10.6. The standard InChI is InChI=1S/C25H26N4O4/c30-23(18-33-25(32)17-28-15-9-3-8-14-24(28)31)26-22-16-21(19-10-4-1-5-11-19)27-29(22)20-12-6-2-7-13-20/h1-2,4-7,10-13,16H,3,8-9,14-15,17-18H2,(H,26,30). The predicted molar refractivity (Wildman–Crippen MR) is 124 cm³/mol. The van der Waals surface area contributed by atoms with Crippen LogP contribution in [0.25, 0.3) is 16.9 Å². The Kier molecular flexibility index (Phi) is 7.14. The number of carbonyl (C=O) groups excluding carboxylic acids is 3. The zero-order chi connectivity index (χ0) is 23.0. The van der Waals surface area contributed by atoms with Gasteiger partial charge in [0.25, 0.3) is 5.91 Å². The van der Waals surface area contributed by atoms with Gasteiger partial charge in [-0.2, -0.15) is 5.10 Å². The molecule has 170 valence electrons. The van der Waals surface area contributed by atoms with Crippen LogP contribution in [0.3, 0.4) is 0 Å². The molecule has 8 nitrogen and oxygen atoms in total. The van der Waals surface area contributed by atoms with E-state index in [-0.39, 0.29) is 12.5 Å². The van der Waals surface area contributed by atoms with E-state index < -0.39 is 18.5 Å². The molecule has 1 aliphatic heterocycles. The lowest BCUT2D eigenvalue weighted by Gasteiger charge is -2.19. The largest absolute Gasteiger partial charge is 0.454 e. The number of anilines is 1. The smallest absolute Gasteiger partial charge is 0.326 e. The molecule has 2 heterocycles. The van der Waals surface area contributed by atoms with Gasteiger partial charge in [0.1, 0.15) is 12.4 Å². The molecule has 0 radical (unpaired) electrons. The number of esters is 1. The SMILES string of the molecule is O=C(COC(=O)CN1CCCCCC1=O)Nc1cc(-c2ccccc2)nn1-c1ccccc1. The third kappa shape index (κ3) is 5.85. The molecule has 3 aromatic rings. The zero-order valence-corrected chi connectivity index (χ0v) is 18.3. The fraction of sp³-hybridized carbons (Fsp3) is 0.280. The van der Waals surface area contributed by atoms with Crippen molar-refractivity contribution in [3.05, 3.63) is 66.7 Å². The van der Waals surface area contributed by atoms with Gasteiger partial charge in [0.2, 0.25) is 5.91 Å². The highest BCUT2D eigenvalue weighted by atomic mass is 16.5. The number of benzene rings is 2. The van der Waals surface area contributed by atoms with Crippen molar-refractivity contribution in [2.75, 3.05) is 25.0 Å². The number of aromatic nitrogens is 2. The van der Waals surface area contributed by atoms with E-state index >= 15 is 0 Å². The van der Waals surface area contributed by atoms with E-state index in [9.17, 15) is 14.4 Å². The van der Waals surface area contributed by atoms with Gasteiger partial charge in [0, 0.05) is 24.6 Å². The van der Waals surface area contributed by atoms with Gasteiger partial charge in [0.15, 0.2) is 6.61 Å². The third-order valence-electron chi connectivity index (χ3n) is 5.40. The number of para-hydroxylation sites is 1. The Balaban J connectivity index is 1.42. The van der Waals surface area contributed by atoms with Crippen LogP contribution in [-0.2, 0) is 19.1 Å². The van der Waals surface area contributed by atoms with Crippen LogP contribution in [-0.4, -0.2) is 52.2 Å². The Morgan fingerprint density at radius 3 is 2.45 bits per heavy atom. The number of amides is 2. The Morgan fingerprint density at radius 2 is 1.70 bits per heavy atom. The van der Waals surface area contributed by atoms with Crippen LogP contribution >= 0.6 is 0 Å². The predicted octanol–water partition coefficient (Wildman–Crippen LogP) is 3.42. The number of hydrogen-bond acceptors (Lipinski definition) is 5. The van der Waals surface area contributed by atoms with Crippen LogP contribution in [0.2, 0.25) is 0 Å². The van der Waals surface area contributed by atoms with Gasteiger partial charge >= 0.3 is 5.97 Å². The minimum Gasteiger partial charge on any atom is -0.454 e. The van der Waals surface area contributed by atoms with Crippen LogP contribution in [0.5, 0.6) is 0 Å². The van der Waals surface area contributed by atoms with Crippen molar-refractivity contribution >= 4 is 23.6 Å². The lowest BCUT2D eigenvalue weighted by atomic mass is 10.2. The molecular formula is C25H26N4O4. The normalized spacial score (nSPS) is 13.9. The summed E-state index contributed by atoms with van der Waals surface area (Å²) in [5.74, 6) is -0.665. The summed E-state index contributed by atoms with van der Waals surface area (Å²) in [6, 6.07) is 20.9. The summed E-state index contributed by atoms with van der Waals surface area (Å²) in [5.41, 5.74) is 2.40. The summed E-state index contributed by atoms with van der Waals surface area (Å²) in [4.78, 5) is 38.3. The average Bonchev–Trinajstić information content (AvgIpc) is 3.15. The van der Waals surface area contributed by atoms with Gasteiger partial charge < -0.3 is 15.0 Å². The van der Waals surface area contributed by atoms with Gasteiger partial charge in [-0.15, -0.1) is 0 Å². The van der Waals surface area contributed by atoms with Crippen molar-refractivity contribution in [3.8, 4) is 16.9 Å². The molecule has 8 heteroatoms. The maximum atomic E-state index is 12.5. The van der Waals surface area contributed by atoms with E-state index in [1.165, 1.54) is 4.90 Å². The first-order valence-electron chi connectivity index (χ1n) is 11.0. The first-order chi connectivity index (χ1) is 16.1. The molecule has 2 amide bonds. The van der Waals surface area contributed by atoms with Crippen molar-refractivity contribution in [3.63, 3.8) is 0 Å². The summed E-state index contributed by atoms with van der Waals surface area (Å²) in [7, 11) is 0. The van der Waals surface area contributed by atoms with E-state index in [2.05, 4.69) is 10.4 Å². The van der Waals surface area contributed by atoms with Crippen molar-refractivity contribution in [2.45, 2.75) is 25.7 Å². The number of rotatable bonds is 7. The highest BCUT2D eigenvalue weighted by molar-refractivity contribution is 5.93. The van der Waals surface area contributed by atoms with Crippen molar-refractivity contribution in [1.82, 2.24) is 14.7 Å². The Hall–Kier alpha value is -3.94. The topological polar surface area (TPSA) is 93.5 Å². The molecule has 4 rings (SSSR count). The van der Waals surface area contributed by atoms with Gasteiger partial charge in [-0.1, -0.05) is 55.0 Å². The van der Waals surface area contributed by atoms with Gasteiger partial charge in [0.05, 0.1) is 11.4 Å². The minimum absolute atomic E-state index is 0.0471. The lowest BCUT2D eigenvalue weighted by Crippen LogP contribution is -2.36. The van der Waals surface area contributed by atoms with Crippen molar-refractivity contribution in [2.24, 2.45) is 0 Å². The second-order valence-electron chi connectivity index (χ2n) is 7.86. The Bertz CT molecular complexity index is 1110. The minimum atomic E-state index is -0.595. The van der Waals surface area contributed by atoms with Crippen LogP contribution in [0.1, 0.15) is 25.7 Å². The summed E-state index contributed by atoms with van der Waals surface area (Å²) in [5, 5.41) is 7.42. The molecule has 2 aromatic carbocycles. The number of hydrogen-bond donors (Lipinski definition) is 1. The molecule has 1 saturated heterocycles. The maximum Gasteiger partial charge on any atom is 0.326 e. The van der Waals surface area contributed by atoms with Gasteiger partial charge in [-0.3, -0.25) is 14.4 Å². The van der Waals surface area contributed by atoms with E-state index in [0.717, 1.165) is 30.5 Å². The molecule has 1 aliphatic rings. The van der Waals surface area contributed by atoms with Gasteiger partial charge in [-0.25, -0.2) is 4.68 Å². The van der Waals surface area contributed by atoms with Gasteiger partial charge in [-0.05, 0) is 25.0 Å². The maximum absolute atomic E-state index is 12.5. The summed E-state index contributed by atoms with van der Waals surface area (Å²) >= 11 is 0. The molecule has 1 fully saturated rings. The van der Waals surface area contributed by atoms with E-state index in [4.69, 9.17) is 4.74 Å². The van der Waals surface area contributed by atoms with Crippen LogP contribution in [0.15, 0.2) is 66.7 Å². The van der Waals surface area contributed by atoms with E-state index in [1.807, 2.05) is 60.7 Å². The fourth-order valence-electron chi connectivity index (χ4n) is 3.72. The lowest BCUT2D eigenvalue weighted by molar-refractivity contribution is -0.151. The first kappa shape index (κ1) is 22.3. The second-order valence-corrected chi connectivity index (χ2v) is 7.86. The summed E-state index contributed by atoms with van der Waals surface area (Å²) in [6.45, 7) is -0.0353. The number of carbonyl (C=O) groups is 3. The highest BCUT2D eigenvalue weighted by Crippen LogP contribution is 2.24. The number of likely N-dealkylation sites (tertiary alicyclic amines) is 1. The van der Waals surface area contributed by atoms with Crippen LogP contribution < -0.4 is 5.32 Å². The highest BCUT2D eigenvalue weighted by Gasteiger charge is 2.21. The molecule has 0 aliphatic carbocycles. The molecule has 1 aromatic heterocycles. The van der Waals surface area contributed by atoms with E-state index in [0.29, 0.717) is 24.5 Å². The molecule has 0 atom stereocenters. The quantitative estimate of drug-likeness (QED) is 0.562. The Morgan fingerprint density at radius 1 is 0.970 bits per heavy atom. The van der Waals surface area contributed by atoms with E-state index in [1.54, 1.807) is 10.7 Å². The molecule has 33 heavy (non-hydrogen) atoms. The Labute approximate surface area is 192 Å².